The summed E-state index contributed by atoms with van der Waals surface area (Å²) in [6.45, 7) is 0. The summed E-state index contributed by atoms with van der Waals surface area (Å²) in [6.07, 6.45) is -4.55. The molecule has 0 atom stereocenters. The van der Waals surface area contributed by atoms with Crippen molar-refractivity contribution in [1.29, 1.82) is 0 Å². The largest absolute Gasteiger partial charge is 0.418 e. The van der Waals surface area contributed by atoms with Crippen molar-refractivity contribution in [1.82, 2.24) is 0 Å². The zero-order valence-corrected chi connectivity index (χ0v) is 11.7. The first-order valence-electron chi connectivity index (χ1n) is 5.96. The van der Waals surface area contributed by atoms with Crippen molar-refractivity contribution in [3.63, 3.8) is 0 Å². The number of rotatable bonds is 2. The molecule has 0 spiro atoms. The quantitative estimate of drug-likeness (QED) is 0.611. The van der Waals surface area contributed by atoms with Gasteiger partial charge in [0.1, 0.15) is 11.6 Å². The van der Waals surface area contributed by atoms with E-state index >= 15 is 0 Å². The van der Waals surface area contributed by atoms with Gasteiger partial charge in [0.15, 0.2) is 5.11 Å². The molecule has 0 radical (unpaired) electrons. The predicted molar refractivity (Wildman–Crippen MR) is 77.6 cm³/mol. The topological polar surface area (TPSA) is 24.1 Å². The van der Waals surface area contributed by atoms with Crippen molar-refractivity contribution in [2.75, 3.05) is 10.6 Å². The summed E-state index contributed by atoms with van der Waals surface area (Å²) in [4.78, 5) is 0. The molecule has 0 aliphatic heterocycles. The number of hydrogen-bond acceptors (Lipinski definition) is 1. The number of nitrogens with one attached hydrogen (secondary N) is 2. The van der Waals surface area contributed by atoms with Gasteiger partial charge in [-0.2, -0.15) is 13.2 Å². The molecular formula is C14H9F5N2S. The van der Waals surface area contributed by atoms with E-state index < -0.39 is 23.4 Å². The summed E-state index contributed by atoms with van der Waals surface area (Å²) in [7, 11) is 0. The van der Waals surface area contributed by atoms with Crippen molar-refractivity contribution in [2.45, 2.75) is 6.18 Å². The molecule has 0 aliphatic rings. The number of benzene rings is 2. The van der Waals surface area contributed by atoms with Crippen LogP contribution in [-0.4, -0.2) is 5.11 Å². The number of thiocarbonyl (C=S) groups is 1. The average Bonchev–Trinajstić information content (AvgIpc) is 2.36. The summed E-state index contributed by atoms with van der Waals surface area (Å²) < 4.78 is 64.6. The predicted octanol–water partition coefficient (Wildman–Crippen LogP) is 4.79. The molecule has 0 aromatic heterocycles. The van der Waals surface area contributed by atoms with Crippen molar-refractivity contribution in [3.8, 4) is 0 Å². The van der Waals surface area contributed by atoms with Gasteiger partial charge in [-0.05, 0) is 36.5 Å². The molecular weight excluding hydrogens is 323 g/mol. The van der Waals surface area contributed by atoms with Gasteiger partial charge < -0.3 is 10.6 Å². The first-order chi connectivity index (χ1) is 10.3. The Bertz CT molecular complexity index is 680. The zero-order valence-electron chi connectivity index (χ0n) is 10.8. The molecule has 2 aromatic rings. The van der Waals surface area contributed by atoms with E-state index in [2.05, 4.69) is 10.6 Å². The minimum absolute atomic E-state index is 0.0144. The number of anilines is 2. The minimum atomic E-state index is -4.55. The molecule has 22 heavy (non-hydrogen) atoms. The van der Waals surface area contributed by atoms with E-state index in [0.717, 1.165) is 18.2 Å². The van der Waals surface area contributed by atoms with Crippen molar-refractivity contribution in [2.24, 2.45) is 0 Å². The summed E-state index contributed by atoms with van der Waals surface area (Å²) in [6, 6.07) is 7.34. The Labute approximate surface area is 128 Å². The fourth-order valence-corrected chi connectivity index (χ4v) is 1.98. The summed E-state index contributed by atoms with van der Waals surface area (Å²) in [5.41, 5.74) is -1.17. The lowest BCUT2D eigenvalue weighted by Gasteiger charge is -2.15. The Balaban J connectivity index is 2.16. The third-order valence-corrected chi connectivity index (χ3v) is 2.81. The van der Waals surface area contributed by atoms with E-state index in [9.17, 15) is 22.0 Å². The van der Waals surface area contributed by atoms with E-state index in [-0.39, 0.29) is 16.5 Å². The van der Waals surface area contributed by atoms with Crippen LogP contribution in [0.15, 0.2) is 42.5 Å². The first kappa shape index (κ1) is 16.2. The van der Waals surface area contributed by atoms with Crippen LogP contribution in [0.4, 0.5) is 33.3 Å². The van der Waals surface area contributed by atoms with E-state index in [1.165, 1.54) is 18.2 Å². The van der Waals surface area contributed by atoms with Crippen LogP contribution in [0.3, 0.4) is 0 Å². The SMILES string of the molecule is Fc1cc(F)cc(NC(=S)Nc2ccccc2C(F)(F)F)c1. The molecule has 0 unspecified atom stereocenters. The summed E-state index contributed by atoms with van der Waals surface area (Å²) in [5, 5.41) is 4.56. The van der Waals surface area contributed by atoms with Gasteiger partial charge in [-0.1, -0.05) is 12.1 Å². The Morgan fingerprint density at radius 3 is 2.09 bits per heavy atom. The van der Waals surface area contributed by atoms with Gasteiger partial charge in [0.2, 0.25) is 0 Å². The third-order valence-electron chi connectivity index (χ3n) is 2.60. The molecule has 2 aromatic carbocycles. The maximum atomic E-state index is 13.0. The highest BCUT2D eigenvalue weighted by molar-refractivity contribution is 7.80. The molecule has 0 heterocycles. The molecule has 0 bridgehead atoms. The van der Waals surface area contributed by atoms with Gasteiger partial charge in [-0.15, -0.1) is 0 Å². The highest BCUT2D eigenvalue weighted by Crippen LogP contribution is 2.34. The lowest BCUT2D eigenvalue weighted by Crippen LogP contribution is -2.21. The molecule has 2 N–H and O–H groups in total. The van der Waals surface area contributed by atoms with E-state index in [4.69, 9.17) is 12.2 Å². The normalized spacial score (nSPS) is 11.1. The van der Waals surface area contributed by atoms with Crippen molar-refractivity contribution in [3.05, 3.63) is 59.7 Å². The van der Waals surface area contributed by atoms with Crippen molar-refractivity contribution < 1.29 is 22.0 Å². The minimum Gasteiger partial charge on any atom is -0.332 e. The summed E-state index contributed by atoms with van der Waals surface area (Å²) in [5.74, 6) is -1.66. The Kier molecular flexibility index (Phi) is 4.60. The maximum Gasteiger partial charge on any atom is 0.418 e. The highest BCUT2D eigenvalue weighted by atomic mass is 32.1. The lowest BCUT2D eigenvalue weighted by atomic mass is 10.1. The molecule has 116 valence electrons. The van der Waals surface area contributed by atoms with Crippen LogP contribution in [0.5, 0.6) is 0 Å². The highest BCUT2D eigenvalue weighted by Gasteiger charge is 2.33. The second-order valence-electron chi connectivity index (χ2n) is 4.28. The van der Waals surface area contributed by atoms with E-state index in [1.807, 2.05) is 0 Å². The second-order valence-corrected chi connectivity index (χ2v) is 4.69. The Morgan fingerprint density at radius 1 is 0.909 bits per heavy atom. The molecule has 0 saturated heterocycles. The van der Waals surface area contributed by atoms with Gasteiger partial charge in [0.05, 0.1) is 11.3 Å². The maximum absolute atomic E-state index is 13.0. The fourth-order valence-electron chi connectivity index (χ4n) is 1.75. The van der Waals surface area contributed by atoms with Gasteiger partial charge in [0.25, 0.3) is 0 Å². The second kappa shape index (κ2) is 6.27. The average molecular weight is 332 g/mol. The lowest BCUT2D eigenvalue weighted by molar-refractivity contribution is -0.136. The standard InChI is InChI=1S/C14H9F5N2S/c15-8-5-9(16)7-10(6-8)20-13(22)21-12-4-2-1-3-11(12)14(17,18)19/h1-7H,(H2,20,21,22). The molecule has 0 saturated carbocycles. The van der Waals surface area contributed by atoms with Crippen LogP contribution in [-0.2, 0) is 6.18 Å². The molecule has 8 heteroatoms. The smallest absolute Gasteiger partial charge is 0.332 e. The summed E-state index contributed by atoms with van der Waals surface area (Å²) >= 11 is 4.85. The monoisotopic (exact) mass is 332 g/mol. The molecule has 2 rings (SSSR count). The fraction of sp³-hybridized carbons (Fsp3) is 0.0714. The van der Waals surface area contributed by atoms with Crippen LogP contribution < -0.4 is 10.6 Å². The van der Waals surface area contributed by atoms with E-state index in [0.29, 0.717) is 6.07 Å². The zero-order chi connectivity index (χ0) is 16.3. The third kappa shape index (κ3) is 4.14. The van der Waals surface area contributed by atoms with Gasteiger partial charge in [-0.3, -0.25) is 0 Å². The van der Waals surface area contributed by atoms with Crippen molar-refractivity contribution >= 4 is 28.7 Å². The van der Waals surface area contributed by atoms with E-state index in [1.54, 1.807) is 0 Å². The number of para-hydroxylation sites is 1. The van der Waals surface area contributed by atoms with Crippen LogP contribution in [0.25, 0.3) is 0 Å². The number of alkyl halides is 3. The first-order valence-corrected chi connectivity index (χ1v) is 6.37. The molecule has 0 amide bonds. The van der Waals surface area contributed by atoms with Gasteiger partial charge in [0, 0.05) is 11.8 Å². The molecule has 0 fully saturated rings. The van der Waals surface area contributed by atoms with Gasteiger partial charge in [-0.25, -0.2) is 8.78 Å². The van der Waals surface area contributed by atoms with Crippen LogP contribution >= 0.6 is 12.2 Å². The van der Waals surface area contributed by atoms with Gasteiger partial charge >= 0.3 is 6.18 Å². The Morgan fingerprint density at radius 2 is 1.50 bits per heavy atom. The Hall–Kier alpha value is -2.22. The van der Waals surface area contributed by atoms with Crippen LogP contribution in [0.2, 0.25) is 0 Å². The number of hydrogen-bond donors (Lipinski definition) is 2. The van der Waals surface area contributed by atoms with Crippen LogP contribution in [0, 0.1) is 11.6 Å². The molecule has 2 nitrogen and oxygen atoms in total. The molecule has 0 aliphatic carbocycles. The van der Waals surface area contributed by atoms with Crippen LogP contribution in [0.1, 0.15) is 5.56 Å². The number of halogens is 5.